The van der Waals surface area contributed by atoms with Gasteiger partial charge in [-0.1, -0.05) is 19.1 Å². The fourth-order valence-electron chi connectivity index (χ4n) is 5.92. The number of carbonyl (C=O) groups is 1. The standard InChI is InChI=1S/C21H27N5O/c1-13-2-4-18-16(10-23-25-18)19(13)14-3-5-17-15(8-14)9-21(20(27)24-17)6-7-26(11-21)12-22/h3,5,8,13,16,18-19,23,25H,2,4,6-7,9-11H2,1H3,(H,24,27). The first-order valence-electron chi connectivity index (χ1n) is 10.2. The minimum absolute atomic E-state index is 0.0794. The molecule has 142 valence electrons. The number of hydrazine groups is 1. The highest BCUT2D eigenvalue weighted by molar-refractivity contribution is 5.99. The molecule has 0 aromatic heterocycles. The minimum Gasteiger partial charge on any atom is -0.325 e. The number of likely N-dealkylation sites (tertiary alicyclic amines) is 1. The van der Waals surface area contributed by atoms with E-state index < -0.39 is 5.41 Å². The average molecular weight is 365 g/mol. The van der Waals surface area contributed by atoms with Gasteiger partial charge in [0.1, 0.15) is 0 Å². The molecule has 5 unspecified atom stereocenters. The normalized spacial score (nSPS) is 37.6. The van der Waals surface area contributed by atoms with E-state index in [1.165, 1.54) is 24.0 Å². The number of anilines is 1. The van der Waals surface area contributed by atoms with Crippen molar-refractivity contribution in [3.63, 3.8) is 0 Å². The van der Waals surface area contributed by atoms with Crippen molar-refractivity contribution in [3.05, 3.63) is 29.3 Å². The van der Waals surface area contributed by atoms with Gasteiger partial charge in [-0.05, 0) is 60.6 Å². The molecule has 2 saturated heterocycles. The predicted octanol–water partition coefficient (Wildman–Crippen LogP) is 1.96. The number of carbonyl (C=O) groups excluding carboxylic acids is 1. The lowest BCUT2D eigenvalue weighted by molar-refractivity contribution is -0.125. The summed E-state index contributed by atoms with van der Waals surface area (Å²) in [4.78, 5) is 14.5. The van der Waals surface area contributed by atoms with Gasteiger partial charge in [-0.15, -0.1) is 0 Å². The monoisotopic (exact) mass is 365 g/mol. The molecule has 3 heterocycles. The molecule has 4 aliphatic rings. The summed E-state index contributed by atoms with van der Waals surface area (Å²) in [5.74, 6) is 1.92. The third kappa shape index (κ3) is 2.64. The van der Waals surface area contributed by atoms with Crippen LogP contribution in [0.3, 0.4) is 0 Å². The highest BCUT2D eigenvalue weighted by Gasteiger charge is 2.48. The summed E-state index contributed by atoms with van der Waals surface area (Å²) in [6, 6.07) is 7.22. The van der Waals surface area contributed by atoms with Crippen molar-refractivity contribution in [3.8, 4) is 6.19 Å². The highest BCUT2D eigenvalue weighted by Crippen LogP contribution is 2.46. The molecule has 27 heavy (non-hydrogen) atoms. The van der Waals surface area contributed by atoms with Gasteiger partial charge in [0.15, 0.2) is 6.19 Å². The van der Waals surface area contributed by atoms with Gasteiger partial charge >= 0.3 is 0 Å². The van der Waals surface area contributed by atoms with Crippen LogP contribution in [0.2, 0.25) is 0 Å². The lowest BCUT2D eigenvalue weighted by Gasteiger charge is -2.39. The molecule has 1 saturated carbocycles. The van der Waals surface area contributed by atoms with Crippen molar-refractivity contribution in [2.45, 2.75) is 44.6 Å². The van der Waals surface area contributed by atoms with E-state index in [-0.39, 0.29) is 5.91 Å². The van der Waals surface area contributed by atoms with Crippen LogP contribution in [-0.2, 0) is 11.2 Å². The smallest absolute Gasteiger partial charge is 0.232 e. The maximum absolute atomic E-state index is 12.8. The molecule has 1 aromatic rings. The molecule has 0 radical (unpaired) electrons. The molecule has 1 aromatic carbocycles. The van der Waals surface area contributed by atoms with Gasteiger partial charge in [0.25, 0.3) is 0 Å². The highest BCUT2D eigenvalue weighted by atomic mass is 16.2. The zero-order valence-electron chi connectivity index (χ0n) is 15.8. The second kappa shape index (κ2) is 6.22. The van der Waals surface area contributed by atoms with Crippen molar-refractivity contribution in [2.24, 2.45) is 17.3 Å². The zero-order chi connectivity index (χ0) is 18.6. The van der Waals surface area contributed by atoms with Crippen LogP contribution in [0.5, 0.6) is 0 Å². The largest absolute Gasteiger partial charge is 0.325 e. The molecule has 3 fully saturated rings. The van der Waals surface area contributed by atoms with E-state index in [9.17, 15) is 10.1 Å². The van der Waals surface area contributed by atoms with Crippen LogP contribution < -0.4 is 16.2 Å². The molecule has 0 bridgehead atoms. The maximum Gasteiger partial charge on any atom is 0.232 e. The Labute approximate surface area is 160 Å². The van der Waals surface area contributed by atoms with Crippen LogP contribution >= 0.6 is 0 Å². The van der Waals surface area contributed by atoms with Crippen LogP contribution in [0, 0.1) is 28.7 Å². The van der Waals surface area contributed by atoms with E-state index in [2.05, 4.69) is 47.5 Å². The number of amides is 1. The van der Waals surface area contributed by atoms with Gasteiger partial charge in [-0.2, -0.15) is 5.26 Å². The molecular weight excluding hydrogens is 338 g/mol. The van der Waals surface area contributed by atoms with Crippen molar-refractivity contribution in [1.29, 1.82) is 5.26 Å². The second-order valence-electron chi connectivity index (χ2n) is 8.98. The van der Waals surface area contributed by atoms with Crippen molar-refractivity contribution >= 4 is 11.6 Å². The Kier molecular flexibility index (Phi) is 3.92. The number of nitrogens with zero attached hydrogens (tertiary/aromatic N) is 2. The van der Waals surface area contributed by atoms with Crippen LogP contribution in [0.4, 0.5) is 5.69 Å². The number of nitriles is 1. The van der Waals surface area contributed by atoms with E-state index in [1.807, 2.05) is 0 Å². The third-order valence-corrected chi connectivity index (χ3v) is 7.42. The number of benzene rings is 1. The van der Waals surface area contributed by atoms with E-state index in [0.29, 0.717) is 36.9 Å². The lowest BCUT2D eigenvalue weighted by Crippen LogP contribution is -2.43. The topological polar surface area (TPSA) is 80.2 Å². The van der Waals surface area contributed by atoms with Crippen LogP contribution in [0.1, 0.15) is 43.2 Å². The molecule has 6 heteroatoms. The Morgan fingerprint density at radius 2 is 2.22 bits per heavy atom. The van der Waals surface area contributed by atoms with Crippen LogP contribution in [0.25, 0.3) is 0 Å². The van der Waals surface area contributed by atoms with E-state index in [0.717, 1.165) is 25.1 Å². The summed E-state index contributed by atoms with van der Waals surface area (Å²) >= 11 is 0. The second-order valence-corrected chi connectivity index (χ2v) is 8.98. The fourth-order valence-corrected chi connectivity index (χ4v) is 5.92. The zero-order valence-corrected chi connectivity index (χ0v) is 15.8. The van der Waals surface area contributed by atoms with Gasteiger partial charge < -0.3 is 10.2 Å². The SMILES string of the molecule is CC1CCC2NNCC2C1c1ccc2c(c1)CC1(CCN(C#N)C1)C(=O)N2. The molecule has 1 spiro atoms. The summed E-state index contributed by atoms with van der Waals surface area (Å²) in [6.07, 6.45) is 6.20. The van der Waals surface area contributed by atoms with E-state index in [1.54, 1.807) is 4.90 Å². The maximum atomic E-state index is 12.8. The van der Waals surface area contributed by atoms with Gasteiger partial charge in [-0.25, -0.2) is 0 Å². The quantitative estimate of drug-likeness (QED) is 0.663. The summed E-state index contributed by atoms with van der Waals surface area (Å²) < 4.78 is 0. The van der Waals surface area contributed by atoms with Crippen LogP contribution in [-0.4, -0.2) is 36.5 Å². The number of fused-ring (bicyclic) bond motifs is 2. The minimum atomic E-state index is -0.446. The van der Waals surface area contributed by atoms with Crippen molar-refractivity contribution < 1.29 is 4.79 Å². The lowest BCUT2D eigenvalue weighted by atomic mass is 9.67. The number of rotatable bonds is 1. The number of hydrogen-bond acceptors (Lipinski definition) is 5. The Morgan fingerprint density at radius 1 is 1.33 bits per heavy atom. The Bertz CT molecular complexity index is 817. The Hall–Kier alpha value is -2.10. The average Bonchev–Trinajstić information content (AvgIpc) is 3.30. The summed E-state index contributed by atoms with van der Waals surface area (Å²) in [7, 11) is 0. The summed E-state index contributed by atoms with van der Waals surface area (Å²) in [5, 5.41) is 12.3. The van der Waals surface area contributed by atoms with Crippen molar-refractivity contribution in [1.82, 2.24) is 15.8 Å². The molecule has 5 rings (SSSR count). The van der Waals surface area contributed by atoms with Gasteiger partial charge in [0.05, 0.1) is 5.41 Å². The first kappa shape index (κ1) is 17.0. The predicted molar refractivity (Wildman–Crippen MR) is 103 cm³/mol. The fraction of sp³-hybridized carbons (Fsp3) is 0.619. The van der Waals surface area contributed by atoms with E-state index in [4.69, 9.17) is 0 Å². The number of nitrogens with one attached hydrogen (secondary N) is 3. The van der Waals surface area contributed by atoms with Crippen LogP contribution in [0.15, 0.2) is 18.2 Å². The molecule has 6 nitrogen and oxygen atoms in total. The molecule has 1 amide bonds. The number of hydrogen-bond donors (Lipinski definition) is 3. The van der Waals surface area contributed by atoms with Gasteiger partial charge in [0, 0.05) is 31.4 Å². The third-order valence-electron chi connectivity index (χ3n) is 7.42. The Morgan fingerprint density at radius 3 is 3.04 bits per heavy atom. The summed E-state index contributed by atoms with van der Waals surface area (Å²) in [5.41, 5.74) is 9.96. The molecule has 5 atom stereocenters. The molecule has 1 aliphatic carbocycles. The Balaban J connectivity index is 1.47. The van der Waals surface area contributed by atoms with Gasteiger partial charge in [-0.3, -0.25) is 15.6 Å². The first-order valence-corrected chi connectivity index (χ1v) is 10.2. The van der Waals surface area contributed by atoms with Crippen molar-refractivity contribution in [2.75, 3.05) is 25.0 Å². The molecular formula is C21H27N5O. The molecule has 3 aliphatic heterocycles. The van der Waals surface area contributed by atoms with E-state index >= 15 is 0 Å². The molecule has 3 N–H and O–H groups in total. The summed E-state index contributed by atoms with van der Waals surface area (Å²) in [6.45, 7) is 4.62. The first-order chi connectivity index (χ1) is 13.1. The van der Waals surface area contributed by atoms with Gasteiger partial charge in [0.2, 0.25) is 5.91 Å².